The zero-order valence-electron chi connectivity index (χ0n) is 13.1. The highest BCUT2D eigenvalue weighted by Crippen LogP contribution is 2.29. The Morgan fingerprint density at radius 2 is 1.68 bits per heavy atom. The first-order chi connectivity index (χ1) is 12.1. The van der Waals surface area contributed by atoms with E-state index >= 15 is 0 Å². The van der Waals surface area contributed by atoms with E-state index in [0.717, 1.165) is 16.3 Å². The van der Waals surface area contributed by atoms with Gasteiger partial charge in [0.2, 0.25) is 0 Å². The summed E-state index contributed by atoms with van der Waals surface area (Å²) in [7, 11) is 0. The van der Waals surface area contributed by atoms with E-state index in [1.165, 1.54) is 4.90 Å². The van der Waals surface area contributed by atoms with Crippen LogP contribution in [0.2, 0.25) is 5.02 Å². The quantitative estimate of drug-likeness (QED) is 0.526. The molecule has 5 heteroatoms. The fourth-order valence-electron chi connectivity index (χ4n) is 2.85. The van der Waals surface area contributed by atoms with Gasteiger partial charge in [0.1, 0.15) is 5.70 Å². The smallest absolute Gasteiger partial charge is 0.281 e. The van der Waals surface area contributed by atoms with Crippen molar-refractivity contribution in [2.24, 2.45) is 0 Å². The summed E-state index contributed by atoms with van der Waals surface area (Å²) in [4.78, 5) is 14.2. The Morgan fingerprint density at radius 3 is 2.48 bits per heavy atom. The monoisotopic (exact) mass is 364 g/mol. The number of para-hydroxylation sites is 1. The minimum Gasteiger partial charge on any atom is -0.327 e. The van der Waals surface area contributed by atoms with E-state index in [1.807, 2.05) is 48.5 Å². The Balaban J connectivity index is 1.71. The highest BCUT2D eigenvalue weighted by molar-refractivity contribution is 7.80. The maximum Gasteiger partial charge on any atom is 0.281 e. The third kappa shape index (κ3) is 2.90. The summed E-state index contributed by atoms with van der Waals surface area (Å²) >= 11 is 11.5. The molecule has 122 valence electrons. The average Bonchev–Trinajstić information content (AvgIpc) is 2.89. The molecule has 3 aromatic carbocycles. The number of amides is 1. The fourth-order valence-corrected chi connectivity index (χ4v) is 3.36. The lowest BCUT2D eigenvalue weighted by Gasteiger charge is -2.15. The standard InChI is InChI=1S/C20H13ClN2OS/c21-16-7-3-4-8-18(16)23-19(24)17(22-20(23)25)12-13-9-10-14-5-1-2-6-15(14)11-13/h1-12H,(H,22,25). The third-order valence-corrected chi connectivity index (χ3v) is 4.66. The number of hydrogen-bond donors (Lipinski definition) is 1. The fraction of sp³-hybridized carbons (Fsp3) is 0. The number of fused-ring (bicyclic) bond motifs is 1. The Kier molecular flexibility index (Phi) is 3.99. The lowest BCUT2D eigenvalue weighted by Crippen LogP contribution is -2.30. The molecule has 1 N–H and O–H groups in total. The van der Waals surface area contributed by atoms with Crippen molar-refractivity contribution in [2.45, 2.75) is 0 Å². The molecule has 3 nitrogen and oxygen atoms in total. The van der Waals surface area contributed by atoms with Crippen molar-refractivity contribution in [2.75, 3.05) is 4.90 Å². The molecule has 1 heterocycles. The molecule has 0 atom stereocenters. The zero-order chi connectivity index (χ0) is 17.4. The second kappa shape index (κ2) is 6.31. The van der Waals surface area contributed by atoms with Crippen LogP contribution >= 0.6 is 23.8 Å². The van der Waals surface area contributed by atoms with Crippen molar-refractivity contribution in [1.82, 2.24) is 5.32 Å². The van der Waals surface area contributed by atoms with E-state index in [1.54, 1.807) is 18.2 Å². The van der Waals surface area contributed by atoms with Crippen molar-refractivity contribution < 1.29 is 4.79 Å². The minimum atomic E-state index is -0.216. The van der Waals surface area contributed by atoms with Crippen LogP contribution in [0, 0.1) is 0 Å². The summed E-state index contributed by atoms with van der Waals surface area (Å²) in [5.41, 5.74) is 1.94. The lowest BCUT2D eigenvalue weighted by atomic mass is 10.1. The van der Waals surface area contributed by atoms with Gasteiger partial charge in [-0.3, -0.25) is 9.69 Å². The number of thiocarbonyl (C=S) groups is 1. The number of anilines is 1. The Labute approximate surface area is 155 Å². The summed E-state index contributed by atoms with van der Waals surface area (Å²) in [6.45, 7) is 0. The number of carbonyl (C=O) groups is 1. The number of benzene rings is 3. The topological polar surface area (TPSA) is 32.3 Å². The van der Waals surface area contributed by atoms with Gasteiger partial charge < -0.3 is 5.32 Å². The van der Waals surface area contributed by atoms with Crippen LogP contribution in [0.1, 0.15) is 5.56 Å². The molecule has 1 aliphatic heterocycles. The summed E-state index contributed by atoms with van der Waals surface area (Å²) in [6.07, 6.45) is 1.80. The SMILES string of the molecule is O=C1C(=Cc2ccc3ccccc3c2)NC(=S)N1c1ccccc1Cl. The summed E-state index contributed by atoms with van der Waals surface area (Å²) in [6, 6.07) is 21.3. The maximum absolute atomic E-state index is 12.8. The molecule has 1 saturated heterocycles. The van der Waals surface area contributed by atoms with Gasteiger partial charge in [0.15, 0.2) is 5.11 Å². The molecule has 0 unspecified atom stereocenters. The third-order valence-electron chi connectivity index (χ3n) is 4.06. The molecule has 1 fully saturated rings. The van der Waals surface area contributed by atoms with E-state index in [-0.39, 0.29) is 5.91 Å². The summed E-state index contributed by atoms with van der Waals surface area (Å²) in [5, 5.41) is 6.06. The number of nitrogens with one attached hydrogen (secondary N) is 1. The molecule has 25 heavy (non-hydrogen) atoms. The van der Waals surface area contributed by atoms with Crippen LogP contribution < -0.4 is 10.2 Å². The van der Waals surface area contributed by atoms with Crippen LogP contribution in [0.25, 0.3) is 16.8 Å². The Bertz CT molecular complexity index is 1040. The normalized spacial score (nSPS) is 15.9. The van der Waals surface area contributed by atoms with Gasteiger partial charge in [0.05, 0.1) is 10.7 Å². The molecule has 0 aliphatic carbocycles. The Morgan fingerprint density at radius 1 is 0.960 bits per heavy atom. The largest absolute Gasteiger partial charge is 0.327 e. The zero-order valence-corrected chi connectivity index (χ0v) is 14.6. The molecule has 1 aliphatic rings. The van der Waals surface area contributed by atoms with Gasteiger partial charge in [-0.2, -0.15) is 0 Å². The first-order valence-electron chi connectivity index (χ1n) is 7.74. The second-order valence-electron chi connectivity index (χ2n) is 5.69. The van der Waals surface area contributed by atoms with E-state index in [2.05, 4.69) is 11.4 Å². The molecular formula is C20H13ClN2OS. The molecule has 4 rings (SSSR count). The summed E-state index contributed by atoms with van der Waals surface area (Å²) < 4.78 is 0. The highest BCUT2D eigenvalue weighted by atomic mass is 35.5. The Hall–Kier alpha value is -2.69. The number of carbonyl (C=O) groups excluding carboxylic acids is 1. The van der Waals surface area contributed by atoms with Gasteiger partial charge in [0, 0.05) is 0 Å². The second-order valence-corrected chi connectivity index (χ2v) is 6.48. The molecule has 1 amide bonds. The van der Waals surface area contributed by atoms with Crippen molar-refractivity contribution in [3.8, 4) is 0 Å². The van der Waals surface area contributed by atoms with Crippen LogP contribution in [0.4, 0.5) is 5.69 Å². The molecule has 0 bridgehead atoms. The van der Waals surface area contributed by atoms with E-state index in [4.69, 9.17) is 23.8 Å². The van der Waals surface area contributed by atoms with Crippen molar-refractivity contribution in [3.05, 3.63) is 83.0 Å². The molecule has 0 radical (unpaired) electrons. The van der Waals surface area contributed by atoms with Crippen LogP contribution in [0.5, 0.6) is 0 Å². The number of hydrogen-bond acceptors (Lipinski definition) is 2. The van der Waals surface area contributed by atoms with Gasteiger partial charge in [0.25, 0.3) is 5.91 Å². The van der Waals surface area contributed by atoms with Gasteiger partial charge in [-0.15, -0.1) is 0 Å². The molecule has 0 saturated carbocycles. The molecule has 0 spiro atoms. The highest BCUT2D eigenvalue weighted by Gasteiger charge is 2.32. The number of halogens is 1. The predicted octanol–water partition coefficient (Wildman–Crippen LogP) is 4.76. The van der Waals surface area contributed by atoms with Crippen molar-refractivity contribution in [3.63, 3.8) is 0 Å². The van der Waals surface area contributed by atoms with Crippen LogP contribution in [-0.4, -0.2) is 11.0 Å². The predicted molar refractivity (Wildman–Crippen MR) is 107 cm³/mol. The maximum atomic E-state index is 12.8. The van der Waals surface area contributed by atoms with Crippen molar-refractivity contribution >= 4 is 57.4 Å². The summed E-state index contributed by atoms with van der Waals surface area (Å²) in [5.74, 6) is -0.216. The van der Waals surface area contributed by atoms with Gasteiger partial charge in [-0.1, -0.05) is 60.1 Å². The van der Waals surface area contributed by atoms with E-state index in [0.29, 0.717) is 21.5 Å². The van der Waals surface area contributed by atoms with E-state index < -0.39 is 0 Å². The van der Waals surface area contributed by atoms with Gasteiger partial charge in [-0.05, 0) is 52.8 Å². The van der Waals surface area contributed by atoms with Gasteiger partial charge in [-0.25, -0.2) is 0 Å². The van der Waals surface area contributed by atoms with E-state index in [9.17, 15) is 4.79 Å². The average molecular weight is 365 g/mol. The van der Waals surface area contributed by atoms with Crippen LogP contribution in [-0.2, 0) is 4.79 Å². The lowest BCUT2D eigenvalue weighted by molar-refractivity contribution is -0.113. The number of nitrogens with zero attached hydrogens (tertiary/aromatic N) is 1. The molecule has 0 aromatic heterocycles. The first-order valence-corrected chi connectivity index (χ1v) is 8.52. The minimum absolute atomic E-state index is 0.216. The van der Waals surface area contributed by atoms with Crippen LogP contribution in [0.3, 0.4) is 0 Å². The first kappa shape index (κ1) is 15.8. The number of rotatable bonds is 2. The molecule has 3 aromatic rings. The molecular weight excluding hydrogens is 352 g/mol. The van der Waals surface area contributed by atoms with Gasteiger partial charge >= 0.3 is 0 Å². The van der Waals surface area contributed by atoms with Crippen molar-refractivity contribution in [1.29, 1.82) is 0 Å². The van der Waals surface area contributed by atoms with Crippen LogP contribution in [0.15, 0.2) is 72.4 Å².